The zero-order chi connectivity index (χ0) is 11.8. The molecule has 1 rings (SSSR count). The molecule has 0 saturated heterocycles. The van der Waals surface area contributed by atoms with Crippen LogP contribution in [0.2, 0.25) is 0 Å². The summed E-state index contributed by atoms with van der Waals surface area (Å²) in [6.07, 6.45) is 5.75. The molecule has 0 aliphatic heterocycles. The molecule has 1 nitrogen and oxygen atoms in total. The van der Waals surface area contributed by atoms with Crippen LogP contribution in [0.25, 0.3) is 0 Å². The topological polar surface area (TPSA) is 12.0 Å². The zero-order valence-corrected chi connectivity index (χ0v) is 11.1. The van der Waals surface area contributed by atoms with Crippen LogP contribution in [0.5, 0.6) is 0 Å². The molecule has 1 N–H and O–H groups in total. The molecule has 0 radical (unpaired) electrons. The maximum absolute atomic E-state index is 13.4. The summed E-state index contributed by atoms with van der Waals surface area (Å²) in [6.45, 7) is 4.06. The summed E-state index contributed by atoms with van der Waals surface area (Å²) in [5.74, 6) is -0.147. The summed E-state index contributed by atoms with van der Waals surface area (Å²) < 4.78 is 14.2. The van der Waals surface area contributed by atoms with Gasteiger partial charge in [0.1, 0.15) is 5.82 Å². The lowest BCUT2D eigenvalue weighted by molar-refractivity contribution is 0.614. The van der Waals surface area contributed by atoms with Gasteiger partial charge in [0, 0.05) is 4.47 Å². The van der Waals surface area contributed by atoms with E-state index in [2.05, 4.69) is 34.2 Å². The monoisotopic (exact) mass is 285 g/mol. The molecule has 0 aromatic heterocycles. The van der Waals surface area contributed by atoms with E-state index in [1.54, 1.807) is 0 Å². The van der Waals surface area contributed by atoms with Crippen molar-refractivity contribution < 1.29 is 4.39 Å². The Bertz CT molecular complexity index is 350. The molecule has 0 bridgehead atoms. The summed E-state index contributed by atoms with van der Waals surface area (Å²) in [7, 11) is 0. The highest BCUT2D eigenvalue weighted by Crippen LogP contribution is 2.15. The summed E-state index contributed by atoms with van der Waals surface area (Å²) >= 11 is 3.24. The molecule has 16 heavy (non-hydrogen) atoms. The average Bonchev–Trinajstić information content (AvgIpc) is 2.26. The third-order valence-electron chi connectivity index (χ3n) is 2.26. The van der Waals surface area contributed by atoms with Crippen molar-refractivity contribution in [1.29, 1.82) is 0 Å². The standard InChI is InChI=1S/C13H17BrFN/c1-2-16-9-5-3-4-6-11-7-8-12(14)10-13(11)15/h3-4,7-8,10,16H,2,5-6,9H2,1H3. The zero-order valence-electron chi connectivity index (χ0n) is 9.47. The van der Waals surface area contributed by atoms with Gasteiger partial charge >= 0.3 is 0 Å². The number of allylic oxidation sites excluding steroid dienone is 1. The second-order valence-corrected chi connectivity index (χ2v) is 4.47. The smallest absolute Gasteiger partial charge is 0.127 e. The third kappa shape index (κ3) is 4.90. The Labute approximate surface area is 105 Å². The van der Waals surface area contributed by atoms with Crippen molar-refractivity contribution in [2.45, 2.75) is 19.8 Å². The van der Waals surface area contributed by atoms with E-state index in [-0.39, 0.29) is 5.82 Å². The van der Waals surface area contributed by atoms with E-state index in [9.17, 15) is 4.39 Å². The molecule has 0 aliphatic rings. The molecule has 88 valence electrons. The van der Waals surface area contributed by atoms with E-state index in [0.29, 0.717) is 6.42 Å². The largest absolute Gasteiger partial charge is 0.317 e. The SMILES string of the molecule is CCNCCC=CCc1ccc(Br)cc1F. The number of benzene rings is 1. The van der Waals surface area contributed by atoms with Crippen molar-refractivity contribution in [3.05, 3.63) is 46.2 Å². The van der Waals surface area contributed by atoms with Crippen LogP contribution in [-0.2, 0) is 6.42 Å². The van der Waals surface area contributed by atoms with E-state index in [1.807, 2.05) is 18.2 Å². The quantitative estimate of drug-likeness (QED) is 0.621. The van der Waals surface area contributed by atoms with Crippen LogP contribution in [0.3, 0.4) is 0 Å². The molecule has 0 fully saturated rings. The van der Waals surface area contributed by atoms with Crippen molar-refractivity contribution in [3.8, 4) is 0 Å². The fraction of sp³-hybridized carbons (Fsp3) is 0.385. The lowest BCUT2D eigenvalue weighted by Gasteiger charge is -2.00. The van der Waals surface area contributed by atoms with Crippen molar-refractivity contribution in [3.63, 3.8) is 0 Å². The van der Waals surface area contributed by atoms with Gasteiger partial charge in [0.2, 0.25) is 0 Å². The number of halogens is 2. The molecule has 1 aromatic rings. The molecule has 0 saturated carbocycles. The highest BCUT2D eigenvalue weighted by molar-refractivity contribution is 9.10. The van der Waals surface area contributed by atoms with Crippen molar-refractivity contribution >= 4 is 15.9 Å². The Hall–Kier alpha value is -0.670. The Morgan fingerprint density at radius 3 is 2.88 bits per heavy atom. The third-order valence-corrected chi connectivity index (χ3v) is 2.75. The van der Waals surface area contributed by atoms with Gasteiger partial charge in [-0.1, -0.05) is 41.1 Å². The van der Waals surface area contributed by atoms with Gasteiger partial charge in [0.05, 0.1) is 0 Å². The van der Waals surface area contributed by atoms with Gasteiger partial charge in [-0.2, -0.15) is 0 Å². The fourth-order valence-corrected chi connectivity index (χ4v) is 1.71. The lowest BCUT2D eigenvalue weighted by atomic mass is 10.1. The van der Waals surface area contributed by atoms with Crippen LogP contribution >= 0.6 is 15.9 Å². The van der Waals surface area contributed by atoms with Gasteiger partial charge in [-0.05, 0) is 43.6 Å². The Kier molecular flexibility index (Phi) is 6.34. The molecule has 0 spiro atoms. The highest BCUT2D eigenvalue weighted by Gasteiger charge is 1.99. The summed E-state index contributed by atoms with van der Waals surface area (Å²) in [5, 5.41) is 3.23. The van der Waals surface area contributed by atoms with E-state index >= 15 is 0 Å². The minimum absolute atomic E-state index is 0.147. The van der Waals surface area contributed by atoms with Crippen LogP contribution in [-0.4, -0.2) is 13.1 Å². The van der Waals surface area contributed by atoms with Crippen LogP contribution in [0.4, 0.5) is 4.39 Å². The van der Waals surface area contributed by atoms with Crippen molar-refractivity contribution in [2.75, 3.05) is 13.1 Å². The van der Waals surface area contributed by atoms with Crippen LogP contribution < -0.4 is 5.32 Å². The minimum atomic E-state index is -0.147. The predicted octanol–water partition coefficient (Wildman–Crippen LogP) is 3.69. The van der Waals surface area contributed by atoms with E-state index in [0.717, 1.165) is 29.5 Å². The van der Waals surface area contributed by atoms with E-state index in [4.69, 9.17) is 0 Å². The number of rotatable bonds is 6. The van der Waals surface area contributed by atoms with Crippen LogP contribution in [0, 0.1) is 5.82 Å². The molecule has 3 heteroatoms. The Balaban J connectivity index is 2.36. The Morgan fingerprint density at radius 2 is 2.19 bits per heavy atom. The molecule has 1 aromatic carbocycles. The number of hydrogen-bond donors (Lipinski definition) is 1. The first kappa shape index (κ1) is 13.4. The first-order valence-electron chi connectivity index (χ1n) is 5.53. The summed E-state index contributed by atoms with van der Waals surface area (Å²) in [6, 6.07) is 5.18. The summed E-state index contributed by atoms with van der Waals surface area (Å²) in [5.41, 5.74) is 0.739. The van der Waals surface area contributed by atoms with Gasteiger partial charge in [0.25, 0.3) is 0 Å². The van der Waals surface area contributed by atoms with E-state index in [1.165, 1.54) is 6.07 Å². The minimum Gasteiger partial charge on any atom is -0.317 e. The lowest BCUT2D eigenvalue weighted by Crippen LogP contribution is -2.12. The second kappa shape index (κ2) is 7.58. The first-order chi connectivity index (χ1) is 7.74. The highest BCUT2D eigenvalue weighted by atomic mass is 79.9. The molecule has 0 heterocycles. The first-order valence-corrected chi connectivity index (χ1v) is 6.33. The van der Waals surface area contributed by atoms with Gasteiger partial charge in [-0.3, -0.25) is 0 Å². The van der Waals surface area contributed by atoms with Gasteiger partial charge < -0.3 is 5.32 Å². The predicted molar refractivity (Wildman–Crippen MR) is 70.1 cm³/mol. The van der Waals surface area contributed by atoms with Crippen LogP contribution in [0.1, 0.15) is 18.9 Å². The van der Waals surface area contributed by atoms with Gasteiger partial charge in [-0.25, -0.2) is 4.39 Å². The maximum Gasteiger partial charge on any atom is 0.127 e. The second-order valence-electron chi connectivity index (χ2n) is 3.55. The van der Waals surface area contributed by atoms with E-state index < -0.39 is 0 Å². The molecular formula is C13H17BrFN. The van der Waals surface area contributed by atoms with Gasteiger partial charge in [0.15, 0.2) is 0 Å². The summed E-state index contributed by atoms with van der Waals surface area (Å²) in [4.78, 5) is 0. The normalized spacial score (nSPS) is 11.2. The average molecular weight is 286 g/mol. The van der Waals surface area contributed by atoms with Crippen molar-refractivity contribution in [2.24, 2.45) is 0 Å². The number of nitrogens with one attached hydrogen (secondary N) is 1. The van der Waals surface area contributed by atoms with Gasteiger partial charge in [-0.15, -0.1) is 0 Å². The van der Waals surface area contributed by atoms with Crippen molar-refractivity contribution in [1.82, 2.24) is 5.32 Å². The number of hydrogen-bond acceptors (Lipinski definition) is 1. The molecule has 0 atom stereocenters. The Morgan fingerprint density at radius 1 is 1.38 bits per heavy atom. The molecule has 0 aliphatic carbocycles. The maximum atomic E-state index is 13.4. The van der Waals surface area contributed by atoms with Crippen LogP contribution in [0.15, 0.2) is 34.8 Å². The fourth-order valence-electron chi connectivity index (χ4n) is 1.38. The molecule has 0 unspecified atom stereocenters. The molecular weight excluding hydrogens is 269 g/mol. The molecule has 0 amide bonds.